The number of aryl methyl sites for hydroxylation is 1. The summed E-state index contributed by atoms with van der Waals surface area (Å²) >= 11 is 0. The first-order chi connectivity index (χ1) is 9.15. The van der Waals surface area contributed by atoms with E-state index in [1.54, 1.807) is 13.0 Å². The molecule has 0 aliphatic carbocycles. The van der Waals surface area contributed by atoms with Crippen LogP contribution in [0.1, 0.15) is 5.56 Å². The minimum absolute atomic E-state index is 0.152. The van der Waals surface area contributed by atoms with Crippen molar-refractivity contribution in [2.24, 2.45) is 5.84 Å². The van der Waals surface area contributed by atoms with E-state index in [2.05, 4.69) is 15.4 Å². The summed E-state index contributed by atoms with van der Waals surface area (Å²) in [6.07, 6.45) is 1.27. The van der Waals surface area contributed by atoms with Crippen LogP contribution in [0.2, 0.25) is 0 Å². The van der Waals surface area contributed by atoms with E-state index in [4.69, 9.17) is 15.3 Å². The molecule has 6 nitrogen and oxygen atoms in total. The van der Waals surface area contributed by atoms with E-state index in [9.17, 15) is 4.39 Å². The van der Waals surface area contributed by atoms with Gasteiger partial charge < -0.3 is 14.9 Å². The number of hydrogen-bond donors (Lipinski definition) is 2. The second-order valence-electron chi connectivity index (χ2n) is 3.72. The first-order valence-electron chi connectivity index (χ1n) is 5.45. The Morgan fingerprint density at radius 2 is 2.11 bits per heavy atom. The molecule has 0 amide bonds. The number of hydrazine groups is 1. The first kappa shape index (κ1) is 13.0. The van der Waals surface area contributed by atoms with E-state index in [0.29, 0.717) is 5.75 Å². The summed E-state index contributed by atoms with van der Waals surface area (Å²) < 4.78 is 23.9. The van der Waals surface area contributed by atoms with Crippen molar-refractivity contribution in [1.29, 1.82) is 0 Å². The van der Waals surface area contributed by atoms with Crippen molar-refractivity contribution in [2.75, 3.05) is 12.5 Å². The summed E-state index contributed by atoms with van der Waals surface area (Å²) in [7, 11) is 1.44. The molecule has 0 saturated heterocycles. The number of halogens is 1. The van der Waals surface area contributed by atoms with Crippen molar-refractivity contribution in [3.8, 4) is 17.4 Å². The first-order valence-corrected chi connectivity index (χ1v) is 5.45. The standard InChI is InChI=1S/C12H13FN4O2/c1-7-3-4-8(13)5-9(7)19-12-10(18-2)11(17-14)15-6-16-12/h3-6H,14H2,1-2H3,(H,15,16,17). The average molecular weight is 264 g/mol. The number of aromatic nitrogens is 2. The van der Waals surface area contributed by atoms with Gasteiger partial charge in [-0.3, -0.25) is 0 Å². The van der Waals surface area contributed by atoms with Crippen molar-refractivity contribution in [3.05, 3.63) is 35.9 Å². The number of nitrogens with one attached hydrogen (secondary N) is 1. The zero-order chi connectivity index (χ0) is 13.8. The van der Waals surface area contributed by atoms with Gasteiger partial charge in [0.15, 0.2) is 5.82 Å². The summed E-state index contributed by atoms with van der Waals surface area (Å²) in [6, 6.07) is 4.24. The number of anilines is 1. The number of nitrogens with two attached hydrogens (primary N) is 1. The smallest absolute Gasteiger partial charge is 0.268 e. The van der Waals surface area contributed by atoms with E-state index in [1.165, 1.54) is 25.6 Å². The minimum atomic E-state index is -0.397. The molecule has 0 radical (unpaired) electrons. The van der Waals surface area contributed by atoms with Gasteiger partial charge >= 0.3 is 0 Å². The summed E-state index contributed by atoms with van der Waals surface area (Å²) in [5, 5.41) is 0. The zero-order valence-electron chi connectivity index (χ0n) is 10.5. The number of benzene rings is 1. The monoisotopic (exact) mass is 264 g/mol. The number of nitrogen functional groups attached to an aromatic ring is 1. The van der Waals surface area contributed by atoms with Crippen molar-refractivity contribution >= 4 is 5.82 Å². The zero-order valence-corrected chi connectivity index (χ0v) is 10.5. The van der Waals surface area contributed by atoms with Crippen LogP contribution >= 0.6 is 0 Å². The summed E-state index contributed by atoms with van der Waals surface area (Å²) in [6.45, 7) is 1.80. The summed E-state index contributed by atoms with van der Waals surface area (Å²) in [5.41, 5.74) is 3.14. The van der Waals surface area contributed by atoms with Gasteiger partial charge in [-0.25, -0.2) is 15.2 Å². The third-order valence-electron chi connectivity index (χ3n) is 2.47. The maximum Gasteiger partial charge on any atom is 0.268 e. The number of hydrogen-bond acceptors (Lipinski definition) is 6. The lowest BCUT2D eigenvalue weighted by Gasteiger charge is -2.12. The molecular weight excluding hydrogens is 251 g/mol. The molecule has 0 atom stereocenters. The fourth-order valence-electron chi connectivity index (χ4n) is 1.51. The number of methoxy groups -OCH3 is 1. The Labute approximate surface area is 109 Å². The SMILES string of the molecule is COc1c(NN)ncnc1Oc1cc(F)ccc1C. The van der Waals surface area contributed by atoms with Crippen LogP contribution in [0.25, 0.3) is 0 Å². The summed E-state index contributed by atoms with van der Waals surface area (Å²) in [5.74, 6) is 5.93. The van der Waals surface area contributed by atoms with Crippen molar-refractivity contribution in [1.82, 2.24) is 9.97 Å². The molecule has 3 N–H and O–H groups in total. The van der Waals surface area contributed by atoms with Crippen LogP contribution < -0.4 is 20.7 Å². The van der Waals surface area contributed by atoms with Crippen LogP contribution in [0.4, 0.5) is 10.2 Å². The lowest BCUT2D eigenvalue weighted by molar-refractivity contribution is 0.367. The van der Waals surface area contributed by atoms with Gasteiger partial charge in [-0.1, -0.05) is 6.07 Å². The van der Waals surface area contributed by atoms with Gasteiger partial charge in [0, 0.05) is 6.07 Å². The highest BCUT2D eigenvalue weighted by Gasteiger charge is 2.14. The van der Waals surface area contributed by atoms with Gasteiger partial charge in [0.25, 0.3) is 5.88 Å². The van der Waals surface area contributed by atoms with Crippen molar-refractivity contribution < 1.29 is 13.9 Å². The number of nitrogens with zero attached hydrogens (tertiary/aromatic N) is 2. The van der Waals surface area contributed by atoms with E-state index in [1.807, 2.05) is 0 Å². The fourth-order valence-corrected chi connectivity index (χ4v) is 1.51. The molecule has 2 aromatic rings. The van der Waals surface area contributed by atoms with Crippen LogP contribution in [0, 0.1) is 12.7 Å². The molecule has 2 rings (SSSR count). The lowest BCUT2D eigenvalue weighted by atomic mass is 10.2. The average Bonchev–Trinajstić information content (AvgIpc) is 2.42. The van der Waals surface area contributed by atoms with Gasteiger partial charge in [0.05, 0.1) is 7.11 Å². The fraction of sp³-hybridized carbons (Fsp3) is 0.167. The normalized spacial score (nSPS) is 10.1. The topological polar surface area (TPSA) is 82.3 Å². The van der Waals surface area contributed by atoms with E-state index >= 15 is 0 Å². The molecule has 0 spiro atoms. The molecule has 19 heavy (non-hydrogen) atoms. The van der Waals surface area contributed by atoms with Gasteiger partial charge in [-0.05, 0) is 18.6 Å². The predicted molar refractivity (Wildman–Crippen MR) is 67.6 cm³/mol. The highest BCUT2D eigenvalue weighted by atomic mass is 19.1. The Balaban J connectivity index is 2.40. The molecule has 0 saturated carbocycles. The molecule has 0 fully saturated rings. The van der Waals surface area contributed by atoms with Gasteiger partial charge in [0.2, 0.25) is 5.75 Å². The van der Waals surface area contributed by atoms with Crippen LogP contribution in [0.5, 0.6) is 17.4 Å². The molecule has 0 aliphatic heterocycles. The second kappa shape index (κ2) is 5.49. The number of rotatable bonds is 4. The Bertz CT molecular complexity index is 592. The van der Waals surface area contributed by atoms with Gasteiger partial charge in [0.1, 0.15) is 17.9 Å². The molecule has 7 heteroatoms. The molecule has 0 aliphatic rings. The summed E-state index contributed by atoms with van der Waals surface area (Å²) in [4.78, 5) is 7.83. The van der Waals surface area contributed by atoms with Crippen LogP contribution in [0.3, 0.4) is 0 Å². The molecule has 0 bridgehead atoms. The Hall–Kier alpha value is -2.41. The van der Waals surface area contributed by atoms with E-state index in [0.717, 1.165) is 5.56 Å². The van der Waals surface area contributed by atoms with Gasteiger partial charge in [-0.2, -0.15) is 4.98 Å². The third-order valence-corrected chi connectivity index (χ3v) is 2.47. The third kappa shape index (κ3) is 2.71. The van der Waals surface area contributed by atoms with Crippen molar-refractivity contribution in [3.63, 3.8) is 0 Å². The molecular formula is C12H13FN4O2. The molecule has 1 aromatic carbocycles. The van der Waals surface area contributed by atoms with E-state index < -0.39 is 5.82 Å². The minimum Gasteiger partial charge on any atom is -0.489 e. The molecule has 0 unspecified atom stereocenters. The Morgan fingerprint density at radius 3 is 2.79 bits per heavy atom. The quantitative estimate of drug-likeness (QED) is 0.649. The molecule has 100 valence electrons. The maximum absolute atomic E-state index is 13.2. The maximum atomic E-state index is 13.2. The molecule has 1 heterocycles. The molecule has 1 aromatic heterocycles. The highest BCUT2D eigenvalue weighted by molar-refractivity contribution is 5.55. The Kier molecular flexibility index (Phi) is 3.76. The van der Waals surface area contributed by atoms with Crippen LogP contribution in [0.15, 0.2) is 24.5 Å². The number of ether oxygens (including phenoxy) is 2. The van der Waals surface area contributed by atoms with Crippen LogP contribution in [-0.4, -0.2) is 17.1 Å². The van der Waals surface area contributed by atoms with Crippen molar-refractivity contribution in [2.45, 2.75) is 6.92 Å². The highest BCUT2D eigenvalue weighted by Crippen LogP contribution is 2.34. The largest absolute Gasteiger partial charge is 0.489 e. The lowest BCUT2D eigenvalue weighted by Crippen LogP contribution is -2.11. The van der Waals surface area contributed by atoms with E-state index in [-0.39, 0.29) is 17.4 Å². The van der Waals surface area contributed by atoms with Gasteiger partial charge in [-0.15, -0.1) is 0 Å². The second-order valence-corrected chi connectivity index (χ2v) is 3.72. The van der Waals surface area contributed by atoms with Crippen LogP contribution in [-0.2, 0) is 0 Å². The predicted octanol–water partition coefficient (Wildman–Crippen LogP) is 2.01. The Morgan fingerprint density at radius 1 is 1.32 bits per heavy atom.